The number of carbonyl (C=O) groups is 1. The van der Waals surface area contributed by atoms with Crippen molar-refractivity contribution in [2.45, 2.75) is 37.1 Å². The van der Waals surface area contributed by atoms with E-state index in [1.807, 2.05) is 19.1 Å². The molecule has 0 aliphatic heterocycles. The number of fused-ring (bicyclic) bond motifs is 1. The van der Waals surface area contributed by atoms with Gasteiger partial charge < -0.3 is 5.73 Å². The predicted molar refractivity (Wildman–Crippen MR) is 87.1 cm³/mol. The number of carbonyl (C=O) groups excluding carboxylic acids is 1. The number of nitrogens with one attached hydrogen (secondary N) is 1. The van der Waals surface area contributed by atoms with Crippen LogP contribution >= 0.6 is 0 Å². The van der Waals surface area contributed by atoms with E-state index in [0.717, 1.165) is 23.8 Å². The highest BCUT2D eigenvalue weighted by atomic mass is 32.2. The second kappa shape index (κ2) is 5.90. The SMILES string of the molecule is Cc1cnc2c(S(=O)(=O)N[C@@H](CC(N)=O)C3CC3)cccc2c1. The van der Waals surface area contributed by atoms with Crippen molar-refractivity contribution in [3.8, 4) is 0 Å². The van der Waals surface area contributed by atoms with Crippen LogP contribution in [0.4, 0.5) is 0 Å². The van der Waals surface area contributed by atoms with Crippen LogP contribution < -0.4 is 10.5 Å². The molecule has 1 aliphatic rings. The lowest BCUT2D eigenvalue weighted by atomic mass is 10.1. The van der Waals surface area contributed by atoms with Crippen LogP contribution in [0, 0.1) is 12.8 Å². The molecule has 0 unspecified atom stereocenters. The predicted octanol–water partition coefficient (Wildman–Crippen LogP) is 1.48. The van der Waals surface area contributed by atoms with Gasteiger partial charge in [0.1, 0.15) is 4.90 Å². The summed E-state index contributed by atoms with van der Waals surface area (Å²) in [6.07, 6.45) is 3.48. The third-order valence-electron chi connectivity index (χ3n) is 4.02. The van der Waals surface area contributed by atoms with E-state index in [-0.39, 0.29) is 17.2 Å². The van der Waals surface area contributed by atoms with Gasteiger partial charge in [0.15, 0.2) is 0 Å². The Morgan fingerprint density at radius 2 is 2.17 bits per heavy atom. The fraction of sp³-hybridized carbons (Fsp3) is 0.375. The fourth-order valence-electron chi connectivity index (χ4n) is 2.74. The molecular weight excluding hydrogens is 314 g/mol. The van der Waals surface area contributed by atoms with E-state index in [0.29, 0.717) is 5.52 Å². The van der Waals surface area contributed by atoms with Crippen LogP contribution in [0.5, 0.6) is 0 Å². The van der Waals surface area contributed by atoms with Crippen molar-refractivity contribution < 1.29 is 13.2 Å². The summed E-state index contributed by atoms with van der Waals surface area (Å²) in [4.78, 5) is 15.6. The number of para-hydroxylation sites is 1. The van der Waals surface area contributed by atoms with Gasteiger partial charge in [-0.3, -0.25) is 9.78 Å². The first kappa shape index (κ1) is 15.9. The Labute approximate surface area is 135 Å². The maximum absolute atomic E-state index is 12.8. The Morgan fingerprint density at radius 1 is 1.43 bits per heavy atom. The number of nitrogens with zero attached hydrogens (tertiary/aromatic N) is 1. The Bertz CT molecular complexity index is 860. The van der Waals surface area contributed by atoms with Crippen LogP contribution in [-0.4, -0.2) is 25.4 Å². The van der Waals surface area contributed by atoms with Crippen molar-refractivity contribution in [2.24, 2.45) is 11.7 Å². The number of aryl methyl sites for hydroxylation is 1. The highest BCUT2D eigenvalue weighted by molar-refractivity contribution is 7.89. The van der Waals surface area contributed by atoms with Crippen molar-refractivity contribution in [2.75, 3.05) is 0 Å². The normalized spacial score (nSPS) is 16.4. The molecule has 1 amide bonds. The molecule has 1 saturated carbocycles. The van der Waals surface area contributed by atoms with Crippen molar-refractivity contribution in [3.63, 3.8) is 0 Å². The van der Waals surface area contributed by atoms with Crippen LogP contribution in [0.15, 0.2) is 35.4 Å². The molecule has 0 spiro atoms. The number of amides is 1. The van der Waals surface area contributed by atoms with E-state index in [4.69, 9.17) is 5.73 Å². The molecule has 1 aromatic heterocycles. The number of nitrogens with two attached hydrogens (primary N) is 1. The molecule has 0 bridgehead atoms. The largest absolute Gasteiger partial charge is 0.370 e. The summed E-state index contributed by atoms with van der Waals surface area (Å²) in [7, 11) is -3.77. The van der Waals surface area contributed by atoms with Gasteiger partial charge in [0, 0.05) is 24.0 Å². The molecule has 0 radical (unpaired) electrons. The van der Waals surface area contributed by atoms with Crippen LogP contribution in [0.3, 0.4) is 0 Å². The first-order valence-electron chi connectivity index (χ1n) is 7.53. The van der Waals surface area contributed by atoms with Crippen LogP contribution in [0.2, 0.25) is 0 Å². The number of aromatic nitrogens is 1. The smallest absolute Gasteiger partial charge is 0.243 e. The summed E-state index contributed by atoms with van der Waals surface area (Å²) in [5.41, 5.74) is 6.63. The number of benzene rings is 1. The molecule has 0 saturated heterocycles. The van der Waals surface area contributed by atoms with Crippen molar-refractivity contribution in [3.05, 3.63) is 36.0 Å². The van der Waals surface area contributed by atoms with Crippen LogP contribution in [0.1, 0.15) is 24.8 Å². The van der Waals surface area contributed by atoms with E-state index in [9.17, 15) is 13.2 Å². The number of sulfonamides is 1. The van der Waals surface area contributed by atoms with Crippen LogP contribution in [0.25, 0.3) is 10.9 Å². The molecule has 1 fully saturated rings. The molecule has 1 heterocycles. The molecule has 3 rings (SSSR count). The molecule has 6 nitrogen and oxygen atoms in total. The van der Waals surface area contributed by atoms with Crippen molar-refractivity contribution in [1.82, 2.24) is 9.71 Å². The third kappa shape index (κ3) is 3.51. The summed E-state index contributed by atoms with van der Waals surface area (Å²) < 4.78 is 28.1. The van der Waals surface area contributed by atoms with Crippen molar-refractivity contribution >= 4 is 26.8 Å². The minimum absolute atomic E-state index is 0.0151. The fourth-order valence-corrected chi connectivity index (χ4v) is 4.23. The van der Waals surface area contributed by atoms with Crippen molar-refractivity contribution in [1.29, 1.82) is 0 Å². The van der Waals surface area contributed by atoms with Gasteiger partial charge in [-0.15, -0.1) is 0 Å². The maximum atomic E-state index is 12.8. The minimum Gasteiger partial charge on any atom is -0.370 e. The van der Waals surface area contributed by atoms with Gasteiger partial charge in [-0.25, -0.2) is 13.1 Å². The Kier molecular flexibility index (Phi) is 4.08. The van der Waals surface area contributed by atoms with E-state index in [2.05, 4.69) is 9.71 Å². The van der Waals surface area contributed by atoms with Crippen LogP contribution in [-0.2, 0) is 14.8 Å². The average molecular weight is 333 g/mol. The van der Waals surface area contributed by atoms with Gasteiger partial charge in [-0.2, -0.15) is 0 Å². The third-order valence-corrected chi connectivity index (χ3v) is 5.54. The number of pyridine rings is 1. The zero-order valence-electron chi connectivity index (χ0n) is 12.8. The molecule has 1 aliphatic carbocycles. The lowest BCUT2D eigenvalue weighted by Crippen LogP contribution is -2.39. The topological polar surface area (TPSA) is 102 Å². The molecule has 2 aromatic rings. The molecule has 3 N–H and O–H groups in total. The minimum atomic E-state index is -3.77. The zero-order valence-corrected chi connectivity index (χ0v) is 13.6. The van der Waals surface area contributed by atoms with E-state index in [1.54, 1.807) is 12.3 Å². The van der Waals surface area contributed by atoms with E-state index >= 15 is 0 Å². The zero-order chi connectivity index (χ0) is 16.6. The summed E-state index contributed by atoms with van der Waals surface area (Å²) in [5.74, 6) is -0.321. The van der Waals surface area contributed by atoms with E-state index in [1.165, 1.54) is 6.07 Å². The van der Waals surface area contributed by atoms with Gasteiger partial charge in [0.25, 0.3) is 0 Å². The quantitative estimate of drug-likeness (QED) is 0.835. The molecule has 23 heavy (non-hydrogen) atoms. The molecular formula is C16H19N3O3S. The standard InChI is InChI=1S/C16H19N3O3S/c1-10-7-12-3-2-4-14(16(12)18-9-10)23(21,22)19-13(8-15(17)20)11-5-6-11/h2-4,7,9,11,13,19H,5-6,8H2,1H3,(H2,17,20)/t13-/m0/s1. The first-order valence-corrected chi connectivity index (χ1v) is 9.01. The highest BCUT2D eigenvalue weighted by Crippen LogP contribution is 2.35. The molecule has 1 atom stereocenters. The second-order valence-corrected chi connectivity index (χ2v) is 7.76. The maximum Gasteiger partial charge on any atom is 0.243 e. The Morgan fingerprint density at radius 3 is 2.83 bits per heavy atom. The van der Waals surface area contributed by atoms with Gasteiger partial charge in [0.2, 0.25) is 15.9 Å². The Balaban J connectivity index is 1.97. The monoisotopic (exact) mass is 333 g/mol. The summed E-state index contributed by atoms with van der Waals surface area (Å²) in [6, 6.07) is 6.50. The number of primary amides is 1. The van der Waals surface area contributed by atoms with Gasteiger partial charge in [0.05, 0.1) is 5.52 Å². The summed E-state index contributed by atoms with van der Waals surface area (Å²) in [6.45, 7) is 1.90. The lowest BCUT2D eigenvalue weighted by Gasteiger charge is -2.17. The average Bonchev–Trinajstić information content (AvgIpc) is 3.29. The second-order valence-electron chi connectivity index (χ2n) is 6.08. The van der Waals surface area contributed by atoms with Gasteiger partial charge in [-0.05, 0) is 43.4 Å². The first-order chi connectivity index (χ1) is 10.9. The lowest BCUT2D eigenvalue weighted by molar-refractivity contribution is -0.118. The molecule has 7 heteroatoms. The molecule has 122 valence electrons. The number of hydrogen-bond acceptors (Lipinski definition) is 4. The number of hydrogen-bond donors (Lipinski definition) is 2. The highest BCUT2D eigenvalue weighted by Gasteiger charge is 2.35. The van der Waals surface area contributed by atoms with Gasteiger partial charge in [-0.1, -0.05) is 12.1 Å². The number of rotatable bonds is 6. The van der Waals surface area contributed by atoms with E-state index < -0.39 is 22.0 Å². The summed E-state index contributed by atoms with van der Waals surface area (Å²) in [5, 5.41) is 0.769. The molecule has 1 aromatic carbocycles. The summed E-state index contributed by atoms with van der Waals surface area (Å²) >= 11 is 0. The van der Waals surface area contributed by atoms with Gasteiger partial charge >= 0.3 is 0 Å². The Hall–Kier alpha value is -1.99.